The third kappa shape index (κ3) is 4.58. The maximum Gasteiger partial charge on any atom is -0.00258 e. The second kappa shape index (κ2) is 7.97. The van der Waals surface area contributed by atoms with E-state index >= 15 is 0 Å². The van der Waals surface area contributed by atoms with Crippen molar-refractivity contribution in [1.82, 2.24) is 0 Å². The predicted molar refractivity (Wildman–Crippen MR) is 104 cm³/mol. The van der Waals surface area contributed by atoms with E-state index in [9.17, 15) is 0 Å². The fourth-order valence-corrected chi connectivity index (χ4v) is 3.06. The van der Waals surface area contributed by atoms with Gasteiger partial charge in [-0.15, -0.1) is 0 Å². The molecule has 0 aromatic heterocycles. The van der Waals surface area contributed by atoms with Crippen molar-refractivity contribution in [1.29, 1.82) is 0 Å². The standard InChI is InChI=1S/C24H26/c1-3-4-20-9-11-22(12-10-20)18-24-15-13-23(14-16-24)17-21-7-5-19(2)6-8-21/h5-16H,3-4,17-18H2,1-2H3. The minimum atomic E-state index is 1.01. The molecule has 0 fully saturated rings. The van der Waals surface area contributed by atoms with Gasteiger partial charge in [-0.25, -0.2) is 0 Å². The van der Waals surface area contributed by atoms with Crippen LogP contribution in [0.5, 0.6) is 0 Å². The molecule has 0 aliphatic rings. The lowest BCUT2D eigenvalue weighted by atomic mass is 9.99. The van der Waals surface area contributed by atoms with Crippen LogP contribution in [-0.2, 0) is 19.3 Å². The molecule has 0 N–H and O–H groups in total. The molecule has 0 aliphatic carbocycles. The monoisotopic (exact) mass is 314 g/mol. The van der Waals surface area contributed by atoms with Crippen molar-refractivity contribution in [3.63, 3.8) is 0 Å². The van der Waals surface area contributed by atoms with Gasteiger partial charge in [-0.05, 0) is 54.0 Å². The van der Waals surface area contributed by atoms with Crippen molar-refractivity contribution in [3.8, 4) is 0 Å². The van der Waals surface area contributed by atoms with Crippen molar-refractivity contribution in [2.45, 2.75) is 39.5 Å². The van der Waals surface area contributed by atoms with E-state index < -0.39 is 0 Å². The summed E-state index contributed by atoms with van der Waals surface area (Å²) < 4.78 is 0. The van der Waals surface area contributed by atoms with Crippen molar-refractivity contribution in [3.05, 3.63) is 106 Å². The molecule has 0 unspecified atom stereocenters. The summed E-state index contributed by atoms with van der Waals surface area (Å²) in [4.78, 5) is 0. The van der Waals surface area contributed by atoms with Crippen LogP contribution in [0.2, 0.25) is 0 Å². The second-order valence-electron chi connectivity index (χ2n) is 6.72. The molecule has 0 atom stereocenters. The van der Waals surface area contributed by atoms with Gasteiger partial charge >= 0.3 is 0 Å². The van der Waals surface area contributed by atoms with Gasteiger partial charge in [-0.2, -0.15) is 0 Å². The first-order valence-corrected chi connectivity index (χ1v) is 8.94. The largest absolute Gasteiger partial charge is 0.0651 e. The molecule has 3 aromatic rings. The molecule has 0 nitrogen and oxygen atoms in total. The summed E-state index contributed by atoms with van der Waals surface area (Å²) in [6.07, 6.45) is 4.40. The highest BCUT2D eigenvalue weighted by atomic mass is 14.1. The average molecular weight is 314 g/mol. The Bertz CT molecular complexity index is 747. The lowest BCUT2D eigenvalue weighted by molar-refractivity contribution is 0.920. The molecule has 0 aliphatic heterocycles. The highest BCUT2D eigenvalue weighted by Gasteiger charge is 2.00. The molecule has 0 saturated heterocycles. The van der Waals surface area contributed by atoms with E-state index in [0.29, 0.717) is 0 Å². The number of hydrogen-bond donors (Lipinski definition) is 0. The molecule has 122 valence electrons. The molecule has 3 rings (SSSR count). The van der Waals surface area contributed by atoms with Gasteiger partial charge in [-0.3, -0.25) is 0 Å². The molecule has 0 spiro atoms. The predicted octanol–water partition coefficient (Wildman–Crippen LogP) is 6.13. The molecule has 0 saturated carbocycles. The van der Waals surface area contributed by atoms with Crippen LogP contribution in [0.15, 0.2) is 72.8 Å². The van der Waals surface area contributed by atoms with Gasteiger partial charge in [0.25, 0.3) is 0 Å². The van der Waals surface area contributed by atoms with Gasteiger partial charge in [0.2, 0.25) is 0 Å². The smallest absolute Gasteiger partial charge is 0.00258 e. The summed E-state index contributed by atoms with van der Waals surface area (Å²) in [7, 11) is 0. The van der Waals surface area contributed by atoms with E-state index in [2.05, 4.69) is 86.6 Å². The summed E-state index contributed by atoms with van der Waals surface area (Å²) in [6, 6.07) is 27.0. The summed E-state index contributed by atoms with van der Waals surface area (Å²) in [5.41, 5.74) is 8.28. The first-order valence-electron chi connectivity index (χ1n) is 8.94. The number of aryl methyl sites for hydroxylation is 2. The molecular formula is C24H26. The van der Waals surface area contributed by atoms with Crippen molar-refractivity contribution in [2.24, 2.45) is 0 Å². The molecule has 24 heavy (non-hydrogen) atoms. The van der Waals surface area contributed by atoms with Crippen LogP contribution in [0.25, 0.3) is 0 Å². The van der Waals surface area contributed by atoms with Crippen molar-refractivity contribution < 1.29 is 0 Å². The molecule has 0 amide bonds. The molecular weight excluding hydrogens is 288 g/mol. The summed E-state index contributed by atoms with van der Waals surface area (Å²) in [5.74, 6) is 0. The van der Waals surface area contributed by atoms with Gasteiger partial charge < -0.3 is 0 Å². The maximum atomic E-state index is 2.27. The van der Waals surface area contributed by atoms with Crippen LogP contribution >= 0.6 is 0 Å². The second-order valence-corrected chi connectivity index (χ2v) is 6.72. The normalized spacial score (nSPS) is 10.8. The molecule has 0 heterocycles. The SMILES string of the molecule is CCCc1ccc(Cc2ccc(Cc3ccc(C)cc3)cc2)cc1. The van der Waals surface area contributed by atoms with Crippen LogP contribution in [0.3, 0.4) is 0 Å². The minimum Gasteiger partial charge on any atom is -0.0651 e. The topological polar surface area (TPSA) is 0 Å². The van der Waals surface area contributed by atoms with Gasteiger partial charge in [0.15, 0.2) is 0 Å². The Kier molecular flexibility index (Phi) is 5.48. The summed E-state index contributed by atoms with van der Waals surface area (Å²) >= 11 is 0. The van der Waals surface area contributed by atoms with Crippen LogP contribution in [-0.4, -0.2) is 0 Å². The Morgan fingerprint density at radius 3 is 1.21 bits per heavy atom. The fourth-order valence-electron chi connectivity index (χ4n) is 3.06. The number of benzene rings is 3. The Morgan fingerprint density at radius 2 is 0.833 bits per heavy atom. The van der Waals surface area contributed by atoms with E-state index in [4.69, 9.17) is 0 Å². The van der Waals surface area contributed by atoms with Crippen molar-refractivity contribution in [2.75, 3.05) is 0 Å². The average Bonchev–Trinajstić information content (AvgIpc) is 2.61. The Balaban J connectivity index is 1.62. The van der Waals surface area contributed by atoms with Crippen LogP contribution in [0.4, 0.5) is 0 Å². The van der Waals surface area contributed by atoms with Gasteiger partial charge in [0.05, 0.1) is 0 Å². The Hall–Kier alpha value is -2.34. The zero-order valence-electron chi connectivity index (χ0n) is 14.8. The molecule has 0 bridgehead atoms. The molecule has 0 radical (unpaired) electrons. The molecule has 3 aromatic carbocycles. The summed E-state index contributed by atoms with van der Waals surface area (Å²) in [6.45, 7) is 4.36. The minimum absolute atomic E-state index is 1.01. The highest BCUT2D eigenvalue weighted by molar-refractivity contribution is 5.33. The first kappa shape index (κ1) is 16.5. The lowest BCUT2D eigenvalue weighted by Crippen LogP contribution is -1.92. The molecule has 0 heteroatoms. The fraction of sp³-hybridized carbons (Fsp3) is 0.250. The highest BCUT2D eigenvalue weighted by Crippen LogP contribution is 2.15. The van der Waals surface area contributed by atoms with E-state index in [1.54, 1.807) is 0 Å². The van der Waals surface area contributed by atoms with Crippen molar-refractivity contribution >= 4 is 0 Å². The Morgan fingerprint density at radius 1 is 0.500 bits per heavy atom. The van der Waals surface area contributed by atoms with Gasteiger partial charge in [-0.1, -0.05) is 91.7 Å². The zero-order chi connectivity index (χ0) is 16.8. The van der Waals surface area contributed by atoms with Crippen LogP contribution < -0.4 is 0 Å². The number of hydrogen-bond acceptors (Lipinski definition) is 0. The quantitative estimate of drug-likeness (QED) is 0.513. The van der Waals surface area contributed by atoms with E-state index in [1.807, 2.05) is 0 Å². The maximum absolute atomic E-state index is 2.27. The van der Waals surface area contributed by atoms with Gasteiger partial charge in [0, 0.05) is 0 Å². The van der Waals surface area contributed by atoms with Crippen LogP contribution in [0, 0.1) is 6.92 Å². The Labute approximate surface area is 146 Å². The lowest BCUT2D eigenvalue weighted by Gasteiger charge is -2.06. The van der Waals surface area contributed by atoms with E-state index in [0.717, 1.165) is 12.8 Å². The number of rotatable bonds is 6. The first-order chi connectivity index (χ1) is 11.7. The summed E-state index contributed by atoms with van der Waals surface area (Å²) in [5, 5.41) is 0. The van der Waals surface area contributed by atoms with E-state index in [1.165, 1.54) is 46.2 Å². The van der Waals surface area contributed by atoms with E-state index in [-0.39, 0.29) is 0 Å². The zero-order valence-corrected chi connectivity index (χ0v) is 14.8. The third-order valence-electron chi connectivity index (χ3n) is 4.52. The van der Waals surface area contributed by atoms with Gasteiger partial charge in [0.1, 0.15) is 0 Å². The van der Waals surface area contributed by atoms with Crippen LogP contribution in [0.1, 0.15) is 46.7 Å². The third-order valence-corrected chi connectivity index (χ3v) is 4.52.